The first-order valence-corrected chi connectivity index (χ1v) is 28.8. The third kappa shape index (κ3) is 62.5. The average molecular weight is 1060 g/mol. The van der Waals surface area contributed by atoms with Gasteiger partial charge in [0.05, 0.1) is 5.75 Å². The summed E-state index contributed by atoms with van der Waals surface area (Å²) in [5.74, 6) is 2.88. The molecule has 1 atom stereocenters. The van der Waals surface area contributed by atoms with Gasteiger partial charge in [0.15, 0.2) is 36.4 Å². The second-order valence-corrected chi connectivity index (χ2v) is 31.9. The molecule has 3 aromatic heterocycles. The van der Waals surface area contributed by atoms with Crippen LogP contribution in [0.25, 0.3) is 0 Å². The molecule has 23 heteroatoms. The van der Waals surface area contributed by atoms with Crippen molar-refractivity contribution >= 4 is 41.5 Å². The second kappa shape index (κ2) is 32.0. The molecule has 0 saturated heterocycles. The normalized spacial score (nSPS) is 12.9. The van der Waals surface area contributed by atoms with E-state index in [0.29, 0.717) is 18.4 Å². The number of aromatic amines is 1. The largest absolute Gasteiger partial charge is 0.451 e. The first-order valence-electron chi connectivity index (χ1n) is 24.4. The van der Waals surface area contributed by atoms with Crippen molar-refractivity contribution in [2.75, 3.05) is 24.8 Å². The minimum absolute atomic E-state index is 0.0287. The van der Waals surface area contributed by atoms with E-state index in [-0.39, 0.29) is 81.0 Å². The Morgan fingerprint density at radius 2 is 1.08 bits per heavy atom. The van der Waals surface area contributed by atoms with Gasteiger partial charge in [0.2, 0.25) is 0 Å². The molecule has 20 nitrogen and oxygen atoms in total. The minimum Gasteiger partial charge on any atom is -0.451 e. The van der Waals surface area contributed by atoms with Gasteiger partial charge in [-0.1, -0.05) is 157 Å². The molecule has 0 radical (unpaired) electrons. The van der Waals surface area contributed by atoms with Gasteiger partial charge < -0.3 is 14.7 Å². The van der Waals surface area contributed by atoms with Crippen molar-refractivity contribution in [3.63, 3.8) is 0 Å². The van der Waals surface area contributed by atoms with Crippen LogP contribution in [0.5, 0.6) is 0 Å². The monoisotopic (exact) mass is 1060 g/mol. The van der Waals surface area contributed by atoms with E-state index < -0.39 is 17.2 Å². The fourth-order valence-corrected chi connectivity index (χ4v) is 9.61. The van der Waals surface area contributed by atoms with E-state index in [9.17, 15) is 27.4 Å². The van der Waals surface area contributed by atoms with Crippen molar-refractivity contribution in [2.45, 2.75) is 218 Å². The summed E-state index contributed by atoms with van der Waals surface area (Å²) in [7, 11) is -5.57. The van der Waals surface area contributed by atoms with Crippen LogP contribution in [-0.2, 0) is 61.1 Å². The highest BCUT2D eigenvalue weighted by atomic mass is 32.2. The Morgan fingerprint density at radius 3 is 1.33 bits per heavy atom. The van der Waals surface area contributed by atoms with Crippen LogP contribution in [0, 0.1) is 37.9 Å². The zero-order valence-electron chi connectivity index (χ0n) is 50.1. The minimum atomic E-state index is -2.79. The summed E-state index contributed by atoms with van der Waals surface area (Å²) >= 11 is 0. The van der Waals surface area contributed by atoms with Gasteiger partial charge in [-0.05, 0) is 80.6 Å². The molecule has 3 heterocycles. The maximum absolute atomic E-state index is 10.9. The molecule has 0 fully saturated rings. The number of Topliss-reactive ketones (excluding diaryl/α,β-unsaturated/α-hetero) is 3. The molecule has 0 saturated carbocycles. The highest BCUT2D eigenvalue weighted by Gasteiger charge is 2.22. The van der Waals surface area contributed by atoms with Crippen LogP contribution in [-0.4, -0.2) is 128 Å². The van der Waals surface area contributed by atoms with E-state index >= 15 is 0 Å². The number of rotatable bonds is 11. The van der Waals surface area contributed by atoms with Crippen molar-refractivity contribution in [1.82, 2.24) is 61.0 Å². The van der Waals surface area contributed by atoms with Gasteiger partial charge in [-0.25, -0.2) is 13.1 Å². The van der Waals surface area contributed by atoms with E-state index in [1.54, 1.807) is 11.6 Å². The highest BCUT2D eigenvalue weighted by Crippen LogP contribution is 2.41. The summed E-state index contributed by atoms with van der Waals surface area (Å²) in [5.41, 5.74) is 0.823. The third-order valence-corrected chi connectivity index (χ3v) is 10.4. The molecule has 420 valence electrons. The van der Waals surface area contributed by atoms with Crippen LogP contribution in [0.4, 0.5) is 0 Å². The highest BCUT2D eigenvalue weighted by molar-refractivity contribution is 7.90. The standard InChI is InChI=1S/2C9H16N4O.C7H14O.C6H15BO.C6H12N4.C6H15O2P.C6H14O2S/c1-7(14)6-13-8(10-11-12-13)5-9(2,3)4;1-7(14)6-13-11-8(10-12-13)5-9(2,3)4;1-6(8)5-7(2,3)4;1-6(2,3)5-7(4)8;1-6(2,3)4-5-7-9-10-8-5;2*1-6(2,3)5-9(4,7)8/h2*5-6H2,1-4H3;5H2,1-4H3;8H,5H2,1-4H3;4H2,1-3H3,(H,7,8,9,10);5H2,1-4H3,(H,7,8);5H2,1-4H3. The van der Waals surface area contributed by atoms with Gasteiger partial charge >= 0.3 is 0 Å². The fraction of sp³-hybridized carbons (Fsp3) is 0.878. The summed E-state index contributed by atoms with van der Waals surface area (Å²) in [6, 6.07) is 0. The molecule has 72 heavy (non-hydrogen) atoms. The Kier molecular flexibility index (Phi) is 33.3. The lowest BCUT2D eigenvalue weighted by atomic mass is 9.60. The lowest BCUT2D eigenvalue weighted by molar-refractivity contribution is -0.119. The first-order chi connectivity index (χ1) is 31.6. The van der Waals surface area contributed by atoms with E-state index in [1.165, 1.54) is 31.6 Å². The molecule has 3 rings (SSSR count). The molecule has 0 spiro atoms. The molecule has 0 aliphatic carbocycles. The van der Waals surface area contributed by atoms with Crippen molar-refractivity contribution < 1.29 is 37.3 Å². The maximum Gasteiger partial charge on any atom is 0.286 e. The summed E-state index contributed by atoms with van der Waals surface area (Å²) in [6.07, 6.45) is 5.64. The van der Waals surface area contributed by atoms with Crippen LogP contribution >= 0.6 is 7.37 Å². The predicted octanol–water partition coefficient (Wildman–Crippen LogP) is 9.16. The predicted molar refractivity (Wildman–Crippen MR) is 293 cm³/mol. The fourth-order valence-electron chi connectivity index (χ4n) is 6.28. The summed E-state index contributed by atoms with van der Waals surface area (Å²) in [4.78, 5) is 42.4. The van der Waals surface area contributed by atoms with Gasteiger partial charge in [0.1, 0.15) is 28.7 Å². The van der Waals surface area contributed by atoms with E-state index in [0.717, 1.165) is 37.2 Å². The summed E-state index contributed by atoms with van der Waals surface area (Å²) in [6.45, 7) is 51.5. The average Bonchev–Trinajstić information content (AvgIpc) is 3.78. The zero-order valence-corrected chi connectivity index (χ0v) is 51.8. The van der Waals surface area contributed by atoms with Gasteiger partial charge in [0, 0.05) is 44.8 Å². The molecule has 0 amide bonds. The van der Waals surface area contributed by atoms with E-state index in [2.05, 4.69) is 155 Å². The van der Waals surface area contributed by atoms with Crippen LogP contribution in [0.3, 0.4) is 0 Å². The smallest absolute Gasteiger partial charge is 0.286 e. The number of hydrogen-bond donors (Lipinski definition) is 3. The van der Waals surface area contributed by atoms with E-state index in [4.69, 9.17) is 9.92 Å². The Hall–Kier alpha value is -3.62. The number of carbonyl (C=O) groups excluding carboxylic acids is 3. The molecule has 3 N–H and O–H groups in total. The molecule has 0 aromatic carbocycles. The lowest BCUT2D eigenvalue weighted by Gasteiger charge is -2.19. The van der Waals surface area contributed by atoms with Crippen LogP contribution in [0.1, 0.15) is 190 Å². The number of aromatic nitrogens is 12. The molecule has 0 bridgehead atoms. The molecule has 1 unspecified atom stereocenters. The summed E-state index contributed by atoms with van der Waals surface area (Å²) in [5, 5.41) is 45.5. The number of hydrogen-bond acceptors (Lipinski definition) is 16. The summed E-state index contributed by atoms with van der Waals surface area (Å²) < 4.78 is 33.6. The second-order valence-electron chi connectivity index (χ2n) is 27.4. The number of H-pyrrole nitrogens is 1. The van der Waals surface area contributed by atoms with Gasteiger partial charge in [-0.2, -0.15) is 10.0 Å². The van der Waals surface area contributed by atoms with Gasteiger partial charge in [-0.15, -0.1) is 25.5 Å². The molecule has 0 aliphatic heterocycles. The maximum atomic E-state index is 10.9. The van der Waals surface area contributed by atoms with E-state index in [1.807, 2.05) is 48.4 Å². The van der Waals surface area contributed by atoms with Crippen molar-refractivity contribution in [1.29, 1.82) is 0 Å². The SMILES string of the molecule is CB(O)CC(C)(C)C.CC(=O)CC(C)(C)C.CC(=O)Cn1nnc(CC(C)(C)C)n1.CC(=O)Cn1nnnc1CC(C)(C)C.CC(C)(C)CP(C)(=O)O.CC(C)(C)CS(C)(=O)=O.CC(C)(C)Cc1nn[nH]n1. The molecule has 3 aromatic rings. The quantitative estimate of drug-likeness (QED) is 0.119. The van der Waals surface area contributed by atoms with Gasteiger partial charge in [-0.3, -0.25) is 14.2 Å². The molecular weight excluding hydrogens is 958 g/mol. The topological polar surface area (TPSA) is 285 Å². The Labute approximate surface area is 436 Å². The molecule has 0 aliphatic rings. The number of sulfone groups is 1. The first kappa shape index (κ1) is 74.9. The zero-order chi connectivity index (χ0) is 58.1. The number of tetrazole rings is 3. The van der Waals surface area contributed by atoms with Crippen LogP contribution in [0.2, 0.25) is 13.1 Å². The van der Waals surface area contributed by atoms with Gasteiger partial charge in [0.25, 0.3) is 6.92 Å². The number of nitrogens with one attached hydrogen (secondary N) is 1. The van der Waals surface area contributed by atoms with Crippen LogP contribution in [0.15, 0.2) is 0 Å². The molecular formula is C49H102BN12O8PS. The van der Waals surface area contributed by atoms with Crippen molar-refractivity contribution in [3.8, 4) is 0 Å². The lowest BCUT2D eigenvalue weighted by Crippen LogP contribution is -2.19. The van der Waals surface area contributed by atoms with Crippen molar-refractivity contribution in [2.24, 2.45) is 37.9 Å². The number of nitrogens with zero attached hydrogens (tertiary/aromatic N) is 11. The Balaban J connectivity index is -0.000000380. The Bertz CT molecular complexity index is 2120. The van der Waals surface area contributed by atoms with Crippen molar-refractivity contribution in [3.05, 3.63) is 17.5 Å². The Morgan fingerprint density at radius 1 is 0.625 bits per heavy atom. The van der Waals surface area contributed by atoms with Crippen LogP contribution < -0.4 is 0 Å². The third-order valence-electron chi connectivity index (χ3n) is 7.44. The number of ketones is 3. The number of carbonyl (C=O) groups is 3.